The Hall–Kier alpha value is -3.34. The number of imidazole rings is 1. The van der Waals surface area contributed by atoms with Gasteiger partial charge in [0.2, 0.25) is 9.84 Å². The van der Waals surface area contributed by atoms with Crippen molar-refractivity contribution >= 4 is 26.7 Å². The van der Waals surface area contributed by atoms with E-state index in [4.69, 9.17) is 4.98 Å². The maximum atomic E-state index is 12.2. The molecule has 160 valence electrons. The number of hydrogen-bond donors (Lipinski definition) is 0. The maximum absolute atomic E-state index is 12.2. The highest BCUT2D eigenvalue weighted by Gasteiger charge is 2.33. The topological polar surface area (TPSA) is 112 Å². The third-order valence-electron chi connectivity index (χ3n) is 5.49. The molecule has 1 aromatic carbocycles. The van der Waals surface area contributed by atoms with Gasteiger partial charge in [-0.15, -0.1) is 5.10 Å². The van der Waals surface area contributed by atoms with Crippen molar-refractivity contribution < 1.29 is 8.42 Å². The van der Waals surface area contributed by atoms with Crippen LogP contribution in [0.25, 0.3) is 16.9 Å². The quantitative estimate of drug-likeness (QED) is 0.442. The first-order valence-electron chi connectivity index (χ1n) is 9.87. The first kappa shape index (κ1) is 19.6. The van der Waals surface area contributed by atoms with Crippen molar-refractivity contribution in [2.45, 2.75) is 24.9 Å². The van der Waals surface area contributed by atoms with E-state index in [1.807, 2.05) is 30.1 Å². The first-order chi connectivity index (χ1) is 14.7. The molecule has 0 atom stereocenters. The number of sulfone groups is 1. The van der Waals surface area contributed by atoms with Gasteiger partial charge in [-0.05, 0) is 26.0 Å². The lowest BCUT2D eigenvalue weighted by molar-refractivity contribution is 0.483. The first-order valence-corrected chi connectivity index (χ1v) is 11.8. The van der Waals surface area contributed by atoms with Gasteiger partial charge in [-0.3, -0.25) is 0 Å². The van der Waals surface area contributed by atoms with E-state index in [-0.39, 0.29) is 11.1 Å². The molecule has 5 rings (SSSR count). The van der Waals surface area contributed by atoms with Gasteiger partial charge >= 0.3 is 0 Å². The molecule has 0 bridgehead atoms. The highest BCUT2D eigenvalue weighted by atomic mass is 32.2. The molecule has 1 fully saturated rings. The van der Waals surface area contributed by atoms with Crippen LogP contribution in [0.1, 0.15) is 23.4 Å². The molecular formula is C20H22N8O2S. The van der Waals surface area contributed by atoms with E-state index < -0.39 is 9.84 Å². The predicted molar refractivity (Wildman–Crippen MR) is 115 cm³/mol. The van der Waals surface area contributed by atoms with E-state index >= 15 is 0 Å². The normalized spacial score (nSPS) is 14.9. The van der Waals surface area contributed by atoms with Crippen molar-refractivity contribution in [1.82, 2.24) is 34.3 Å². The van der Waals surface area contributed by atoms with Gasteiger partial charge in [0, 0.05) is 32.5 Å². The molecule has 1 saturated heterocycles. The summed E-state index contributed by atoms with van der Waals surface area (Å²) < 4.78 is 28.1. The van der Waals surface area contributed by atoms with Crippen LogP contribution >= 0.6 is 0 Å². The molecule has 0 radical (unpaired) electrons. The number of benzene rings is 1. The van der Waals surface area contributed by atoms with Crippen molar-refractivity contribution in [3.63, 3.8) is 0 Å². The Morgan fingerprint density at radius 1 is 1.00 bits per heavy atom. The van der Waals surface area contributed by atoms with Gasteiger partial charge in [0.25, 0.3) is 5.16 Å². The van der Waals surface area contributed by atoms with Gasteiger partial charge in [-0.2, -0.15) is 9.67 Å². The van der Waals surface area contributed by atoms with Crippen molar-refractivity contribution in [3.8, 4) is 5.82 Å². The second kappa shape index (κ2) is 6.84. The van der Waals surface area contributed by atoms with E-state index in [9.17, 15) is 8.42 Å². The molecule has 0 N–H and O–H groups in total. The Morgan fingerprint density at radius 3 is 2.35 bits per heavy atom. The van der Waals surface area contributed by atoms with Crippen LogP contribution in [0.4, 0.5) is 5.82 Å². The Bertz CT molecular complexity index is 1420. The van der Waals surface area contributed by atoms with Gasteiger partial charge < -0.3 is 9.47 Å². The van der Waals surface area contributed by atoms with Crippen LogP contribution in [-0.4, -0.2) is 62.0 Å². The lowest BCUT2D eigenvalue weighted by atomic mass is 9.99. The number of fused-ring (bicyclic) bond motifs is 1. The highest BCUT2D eigenvalue weighted by Crippen LogP contribution is 2.32. The van der Waals surface area contributed by atoms with Crippen molar-refractivity contribution in [3.05, 3.63) is 47.8 Å². The van der Waals surface area contributed by atoms with Gasteiger partial charge in [-0.25, -0.2) is 23.4 Å². The van der Waals surface area contributed by atoms with Crippen molar-refractivity contribution in [2.24, 2.45) is 7.05 Å². The number of aryl methyl sites for hydroxylation is 3. The smallest absolute Gasteiger partial charge is 0.250 e. The lowest BCUT2D eigenvalue weighted by Crippen LogP contribution is -2.46. The Labute approximate surface area is 179 Å². The molecule has 4 heterocycles. The molecule has 3 aromatic heterocycles. The van der Waals surface area contributed by atoms with Gasteiger partial charge in [0.1, 0.15) is 23.3 Å². The molecular weight excluding hydrogens is 416 g/mol. The predicted octanol–water partition coefficient (Wildman–Crippen LogP) is 1.57. The maximum Gasteiger partial charge on any atom is 0.250 e. The Kier molecular flexibility index (Phi) is 4.33. The standard InChI is InChI=1S/C20H22N8O2S/c1-12-21-13(2)28(25-12)18-9-17(23-20(24-18)31(4,29)30)27-10-14(11-27)19-22-15-7-5-6-8-16(15)26(19)3/h5-9,14H,10-11H2,1-4H3. The summed E-state index contributed by atoms with van der Waals surface area (Å²) in [5.41, 5.74) is 2.07. The lowest BCUT2D eigenvalue weighted by Gasteiger charge is -2.39. The summed E-state index contributed by atoms with van der Waals surface area (Å²) in [5.74, 6) is 3.39. The van der Waals surface area contributed by atoms with Crippen LogP contribution in [0.15, 0.2) is 35.5 Å². The zero-order valence-corrected chi connectivity index (χ0v) is 18.5. The third-order valence-corrected chi connectivity index (χ3v) is 6.34. The largest absolute Gasteiger partial charge is 0.355 e. The van der Waals surface area contributed by atoms with Gasteiger partial charge in [0.05, 0.1) is 17.0 Å². The number of anilines is 1. The molecule has 4 aromatic rings. The van der Waals surface area contributed by atoms with Crippen molar-refractivity contribution in [1.29, 1.82) is 0 Å². The molecule has 0 saturated carbocycles. The molecule has 0 spiro atoms. The summed E-state index contributed by atoms with van der Waals surface area (Å²) in [4.78, 5) is 19.7. The molecule has 1 aliphatic rings. The minimum atomic E-state index is -3.60. The SMILES string of the molecule is Cc1nc(C)n(-c2cc(N3CC(c4nc5ccccc5n4C)C3)nc(S(C)(=O)=O)n2)n1. The van der Waals surface area contributed by atoms with Gasteiger partial charge in [-0.1, -0.05) is 12.1 Å². The molecule has 11 heteroatoms. The fourth-order valence-corrected chi connectivity index (χ4v) is 4.45. The number of rotatable bonds is 4. The van der Waals surface area contributed by atoms with Crippen LogP contribution in [-0.2, 0) is 16.9 Å². The second-order valence-electron chi connectivity index (χ2n) is 7.88. The van der Waals surface area contributed by atoms with E-state index in [1.54, 1.807) is 19.9 Å². The van der Waals surface area contributed by atoms with E-state index in [0.717, 1.165) is 23.1 Å². The molecule has 0 amide bonds. The molecule has 0 aliphatic carbocycles. The summed E-state index contributed by atoms with van der Waals surface area (Å²) >= 11 is 0. The number of nitrogens with zero attached hydrogens (tertiary/aromatic N) is 8. The number of para-hydroxylation sites is 2. The van der Waals surface area contributed by atoms with E-state index in [1.165, 1.54) is 4.68 Å². The Balaban J connectivity index is 1.49. The average molecular weight is 439 g/mol. The molecule has 10 nitrogen and oxygen atoms in total. The van der Waals surface area contributed by atoms with Crippen LogP contribution in [0.2, 0.25) is 0 Å². The highest BCUT2D eigenvalue weighted by molar-refractivity contribution is 7.90. The fourth-order valence-electron chi connectivity index (χ4n) is 3.93. The minimum absolute atomic E-state index is 0.223. The van der Waals surface area contributed by atoms with E-state index in [0.29, 0.717) is 36.4 Å². The third kappa shape index (κ3) is 3.34. The summed E-state index contributed by atoms with van der Waals surface area (Å²) in [6.07, 6.45) is 1.10. The van der Waals surface area contributed by atoms with Crippen LogP contribution in [0.5, 0.6) is 0 Å². The minimum Gasteiger partial charge on any atom is -0.355 e. The zero-order chi connectivity index (χ0) is 21.9. The summed E-state index contributed by atoms with van der Waals surface area (Å²) in [7, 11) is -1.57. The monoisotopic (exact) mass is 438 g/mol. The van der Waals surface area contributed by atoms with Crippen molar-refractivity contribution in [2.75, 3.05) is 24.2 Å². The van der Waals surface area contributed by atoms with E-state index in [2.05, 4.69) is 30.7 Å². The van der Waals surface area contributed by atoms with Gasteiger partial charge in [0.15, 0.2) is 5.82 Å². The molecule has 31 heavy (non-hydrogen) atoms. The summed E-state index contributed by atoms with van der Waals surface area (Å²) in [5, 5.41) is 4.11. The summed E-state index contributed by atoms with van der Waals surface area (Å²) in [6.45, 7) is 4.95. The second-order valence-corrected chi connectivity index (χ2v) is 9.79. The number of aromatic nitrogens is 7. The Morgan fingerprint density at radius 2 is 1.71 bits per heavy atom. The van der Waals surface area contributed by atoms with Crippen LogP contribution in [0, 0.1) is 13.8 Å². The number of hydrogen-bond acceptors (Lipinski definition) is 8. The zero-order valence-electron chi connectivity index (χ0n) is 17.7. The fraction of sp³-hybridized carbons (Fsp3) is 0.350. The average Bonchev–Trinajstić information content (AvgIpc) is 3.19. The molecule has 0 unspecified atom stereocenters. The molecule has 1 aliphatic heterocycles. The summed E-state index contributed by atoms with van der Waals surface area (Å²) in [6, 6.07) is 9.80. The van der Waals surface area contributed by atoms with Crippen LogP contribution < -0.4 is 4.90 Å². The van der Waals surface area contributed by atoms with Crippen LogP contribution in [0.3, 0.4) is 0 Å².